The lowest BCUT2D eigenvalue weighted by Gasteiger charge is -2.58. The van der Waals surface area contributed by atoms with Gasteiger partial charge in [-0.15, -0.1) is 0 Å². The Morgan fingerprint density at radius 2 is 1.33 bits per heavy atom. The summed E-state index contributed by atoms with van der Waals surface area (Å²) in [6.07, 6.45) is 16.7. The standard InChI is InChI=1S/C54H75I6O11P/c1-34(2)11-10-12-35(3)42-17-18-43-41-16-15-36-27-39(19-21-53(36,4)44(41)20-22-54(42,43)5)71-72(63,64)69-26-25-65-32-40(70-50(62)14-7-9-24-67-52-47(59)30-38(56)31-48(52)60)33-68-49(61)13-6-8-23-66-51-45(57)28-37(55)29-46(51)58/h15,28-31,34-35,39-44H,6-14,16-27,32-33H2,1-5H3,(H,63,64)/t35-,39+,40+,41?,42?,43?,44?,53+,54-/m1/s1. The maximum Gasteiger partial charge on any atom is 0.472 e. The van der Waals surface area contributed by atoms with E-state index in [1.54, 1.807) is 0 Å². The number of phosphoric acid groups is 1. The number of hydrogen-bond donors (Lipinski definition) is 1. The van der Waals surface area contributed by atoms with Crippen LogP contribution in [0.5, 0.6) is 11.5 Å². The molecule has 2 aromatic carbocycles. The molecule has 5 unspecified atom stereocenters. The van der Waals surface area contributed by atoms with E-state index in [1.165, 1.54) is 50.5 Å². The van der Waals surface area contributed by atoms with Crippen molar-refractivity contribution in [2.45, 2.75) is 156 Å². The molecular weight excluding hydrogens is 1620 g/mol. The van der Waals surface area contributed by atoms with Crippen molar-refractivity contribution in [3.63, 3.8) is 0 Å². The van der Waals surface area contributed by atoms with Crippen molar-refractivity contribution in [3.05, 3.63) is 57.3 Å². The highest BCUT2D eigenvalue weighted by Crippen LogP contribution is 2.68. The molecule has 0 spiro atoms. The monoisotopic (exact) mass is 1690 g/mol. The zero-order valence-corrected chi connectivity index (χ0v) is 56.4. The molecule has 0 aromatic heterocycles. The number of rotatable bonds is 28. The lowest BCUT2D eigenvalue weighted by atomic mass is 9.47. The molecule has 0 amide bonds. The Morgan fingerprint density at radius 1 is 0.722 bits per heavy atom. The lowest BCUT2D eigenvalue weighted by molar-refractivity contribution is -0.163. The van der Waals surface area contributed by atoms with Gasteiger partial charge >= 0.3 is 19.8 Å². The summed E-state index contributed by atoms with van der Waals surface area (Å²) in [6, 6.07) is 8.25. The zero-order valence-electron chi connectivity index (χ0n) is 42.5. The number of phosphoric ester groups is 1. The predicted octanol–water partition coefficient (Wildman–Crippen LogP) is 16.1. The summed E-state index contributed by atoms with van der Waals surface area (Å²) in [4.78, 5) is 36.7. The van der Waals surface area contributed by atoms with Crippen LogP contribution in [0.3, 0.4) is 0 Å². The number of halogens is 6. The third-order valence-corrected chi connectivity index (χ3v) is 21.5. The molecule has 404 valence electrons. The van der Waals surface area contributed by atoms with E-state index < -0.39 is 32.0 Å². The topological polar surface area (TPSA) is 136 Å². The first kappa shape index (κ1) is 62.4. The number of benzene rings is 2. The molecule has 0 radical (unpaired) electrons. The second-order valence-corrected chi connectivity index (χ2v) is 30.0. The van der Waals surface area contributed by atoms with E-state index in [2.05, 4.69) is 201 Å². The van der Waals surface area contributed by atoms with Crippen LogP contribution in [-0.2, 0) is 37.4 Å². The number of unbranched alkanes of at least 4 members (excludes halogenated alkanes) is 2. The minimum absolute atomic E-state index is 0.0591. The summed E-state index contributed by atoms with van der Waals surface area (Å²) in [7, 11) is -4.40. The van der Waals surface area contributed by atoms with E-state index >= 15 is 0 Å². The van der Waals surface area contributed by atoms with Gasteiger partial charge in [0.05, 0.1) is 53.4 Å². The number of hydrogen-bond acceptors (Lipinski definition) is 10. The molecule has 1 N–H and O–H groups in total. The van der Waals surface area contributed by atoms with E-state index in [9.17, 15) is 19.0 Å². The Hall–Kier alpha value is 1.17. The normalized spacial score (nSPS) is 26.4. The fourth-order valence-corrected chi connectivity index (χ4v) is 21.1. The van der Waals surface area contributed by atoms with E-state index in [1.807, 2.05) is 0 Å². The second kappa shape index (κ2) is 29.6. The maximum atomic E-state index is 13.3. The quantitative estimate of drug-likeness (QED) is 0.0287. The minimum atomic E-state index is -4.40. The Kier molecular flexibility index (Phi) is 25.6. The van der Waals surface area contributed by atoms with E-state index in [0.717, 1.165) is 69.4 Å². The van der Waals surface area contributed by atoms with Gasteiger partial charge in [-0.25, -0.2) is 4.57 Å². The Labute approximate surface area is 511 Å². The van der Waals surface area contributed by atoms with Gasteiger partial charge in [-0.1, -0.05) is 65.5 Å². The SMILES string of the molecule is CC(C)CCC[C@@H](C)C1CCC2C3CC=C4C[C@@H](OP(=O)(O)OCCOC[C@@H](COC(=O)CCCCOc5c(I)cc(I)cc5I)OC(=O)CCCCOc5c(I)cc(I)cc5I)CC[C@]4(C)C3CC[C@@]21C. The fraction of sp³-hybridized carbons (Fsp3) is 0.704. The molecule has 0 aliphatic heterocycles. The molecule has 3 saturated carbocycles. The van der Waals surface area contributed by atoms with E-state index in [-0.39, 0.29) is 44.7 Å². The Bertz CT molecular complexity index is 2170. The average molecular weight is 1690 g/mol. The third kappa shape index (κ3) is 17.8. The van der Waals surface area contributed by atoms with Crippen molar-refractivity contribution in [3.8, 4) is 11.5 Å². The van der Waals surface area contributed by atoms with Gasteiger partial charge in [0.2, 0.25) is 0 Å². The molecule has 0 bridgehead atoms. The molecule has 2 aromatic rings. The summed E-state index contributed by atoms with van der Waals surface area (Å²) < 4.78 is 60.2. The third-order valence-electron chi connectivity index (χ3n) is 16.0. The van der Waals surface area contributed by atoms with Gasteiger partial charge in [0.15, 0.2) is 6.10 Å². The molecular formula is C54H75I6O11P. The maximum absolute atomic E-state index is 13.3. The minimum Gasteiger partial charge on any atom is -0.491 e. The number of carbonyl (C=O) groups excluding carboxylic acids is 2. The summed E-state index contributed by atoms with van der Waals surface area (Å²) >= 11 is 13.6. The number of carbonyl (C=O) groups is 2. The van der Waals surface area contributed by atoms with Crippen molar-refractivity contribution < 1.29 is 51.8 Å². The first-order valence-corrected chi connectivity index (χ1v) is 34.0. The average Bonchev–Trinajstić information content (AvgIpc) is 3.66. The van der Waals surface area contributed by atoms with Crippen LogP contribution in [0.25, 0.3) is 0 Å². The fourth-order valence-electron chi connectivity index (χ4n) is 12.4. The number of fused-ring (bicyclic) bond motifs is 5. The van der Waals surface area contributed by atoms with Crippen molar-refractivity contribution in [1.29, 1.82) is 0 Å². The lowest BCUT2D eigenvalue weighted by Crippen LogP contribution is -2.51. The molecule has 6 rings (SSSR count). The molecule has 10 atom stereocenters. The first-order valence-electron chi connectivity index (χ1n) is 26.0. The van der Waals surface area contributed by atoms with Gasteiger partial charge < -0.3 is 28.6 Å². The molecule has 4 aliphatic carbocycles. The van der Waals surface area contributed by atoms with Crippen LogP contribution in [-0.4, -0.2) is 68.7 Å². The van der Waals surface area contributed by atoms with Gasteiger partial charge in [-0.05, 0) is 283 Å². The smallest absolute Gasteiger partial charge is 0.472 e. The van der Waals surface area contributed by atoms with Crippen LogP contribution in [0, 0.1) is 67.8 Å². The molecule has 4 aliphatic rings. The van der Waals surface area contributed by atoms with Crippen LogP contribution in [0.15, 0.2) is 35.9 Å². The van der Waals surface area contributed by atoms with E-state index in [0.29, 0.717) is 69.0 Å². The summed E-state index contributed by atoms with van der Waals surface area (Å²) in [5.74, 6) is 5.33. The van der Waals surface area contributed by atoms with Gasteiger partial charge in [0, 0.05) is 20.0 Å². The van der Waals surface area contributed by atoms with Gasteiger partial charge in [0.25, 0.3) is 0 Å². The molecule has 3 fully saturated rings. The van der Waals surface area contributed by atoms with Crippen LogP contribution in [0.1, 0.15) is 144 Å². The Morgan fingerprint density at radius 3 is 1.94 bits per heavy atom. The van der Waals surface area contributed by atoms with E-state index in [4.69, 9.17) is 32.7 Å². The molecule has 0 heterocycles. The molecule has 11 nitrogen and oxygen atoms in total. The Balaban J connectivity index is 0.936. The zero-order chi connectivity index (χ0) is 52.2. The summed E-state index contributed by atoms with van der Waals surface area (Å²) in [6.45, 7) is 12.7. The van der Waals surface area contributed by atoms with Gasteiger partial charge in [0.1, 0.15) is 18.1 Å². The van der Waals surface area contributed by atoms with Crippen molar-refractivity contribution in [2.24, 2.45) is 46.3 Å². The number of allylic oxidation sites excluding steroid dienone is 1. The van der Waals surface area contributed by atoms with Crippen LogP contribution in [0.4, 0.5) is 0 Å². The van der Waals surface area contributed by atoms with Gasteiger partial charge in [-0.3, -0.25) is 18.6 Å². The van der Waals surface area contributed by atoms with Gasteiger partial charge in [-0.2, -0.15) is 0 Å². The summed E-state index contributed by atoms with van der Waals surface area (Å²) in [5, 5.41) is 0. The highest BCUT2D eigenvalue weighted by Gasteiger charge is 2.59. The first-order chi connectivity index (χ1) is 34.2. The van der Waals surface area contributed by atoms with Crippen LogP contribution in [0.2, 0.25) is 0 Å². The molecule has 72 heavy (non-hydrogen) atoms. The molecule has 18 heteroatoms. The van der Waals surface area contributed by atoms with Crippen molar-refractivity contribution in [2.75, 3.05) is 39.6 Å². The summed E-state index contributed by atoms with van der Waals surface area (Å²) in [5.41, 5.74) is 1.91. The van der Waals surface area contributed by atoms with Crippen LogP contribution < -0.4 is 9.47 Å². The molecule has 0 saturated heterocycles. The van der Waals surface area contributed by atoms with Crippen molar-refractivity contribution in [1.82, 2.24) is 0 Å². The largest absolute Gasteiger partial charge is 0.491 e. The highest BCUT2D eigenvalue weighted by molar-refractivity contribution is 14.1. The van der Waals surface area contributed by atoms with Crippen molar-refractivity contribution >= 4 is 155 Å². The predicted molar refractivity (Wildman–Crippen MR) is 333 cm³/mol. The second-order valence-electron chi connectivity index (χ2n) is 21.4. The highest BCUT2D eigenvalue weighted by atomic mass is 127. The van der Waals surface area contributed by atoms with Crippen LogP contribution >= 0.6 is 143 Å². The number of ether oxygens (including phenoxy) is 5. The number of esters is 2.